The van der Waals surface area contributed by atoms with Gasteiger partial charge in [0.25, 0.3) is 0 Å². The number of fused-ring (bicyclic) bond motifs is 1. The Labute approximate surface area is 156 Å². The van der Waals surface area contributed by atoms with Gasteiger partial charge in [-0.15, -0.1) is 0 Å². The fourth-order valence-electron chi connectivity index (χ4n) is 2.83. The van der Waals surface area contributed by atoms with Gasteiger partial charge in [0.2, 0.25) is 5.91 Å². The number of carbonyl (C=O) groups excluding carboxylic acids is 2. The summed E-state index contributed by atoms with van der Waals surface area (Å²) in [7, 11) is 1.28. The highest BCUT2D eigenvalue weighted by Crippen LogP contribution is 2.30. The lowest BCUT2D eigenvalue weighted by molar-refractivity contribution is -0.145. The number of rotatable bonds is 6. The topological polar surface area (TPSA) is 94.1 Å². The molecule has 7 nitrogen and oxygen atoms in total. The van der Waals surface area contributed by atoms with Gasteiger partial charge in [0.05, 0.1) is 13.5 Å². The highest BCUT2D eigenvalue weighted by molar-refractivity contribution is 5.86. The monoisotopic (exact) mass is 371 g/mol. The molecule has 0 bridgehead atoms. The predicted octanol–water partition coefficient (Wildman–Crippen LogP) is 1.61. The molecule has 1 amide bonds. The highest BCUT2D eigenvalue weighted by atomic mass is 16.6. The van der Waals surface area contributed by atoms with Crippen LogP contribution in [0.25, 0.3) is 0 Å². The molecule has 0 radical (unpaired) electrons. The van der Waals surface area contributed by atoms with E-state index in [1.807, 2.05) is 0 Å². The number of amides is 1. The molecule has 0 saturated carbocycles. The predicted molar refractivity (Wildman–Crippen MR) is 96.9 cm³/mol. The summed E-state index contributed by atoms with van der Waals surface area (Å²) in [5.74, 6) is 0.570. The largest absolute Gasteiger partial charge is 0.508 e. The molecule has 7 heteroatoms. The van der Waals surface area contributed by atoms with E-state index in [0.29, 0.717) is 24.7 Å². The number of carbonyl (C=O) groups is 2. The average molecular weight is 371 g/mol. The lowest BCUT2D eigenvalue weighted by Crippen LogP contribution is -2.43. The third-order valence-electron chi connectivity index (χ3n) is 4.17. The second kappa shape index (κ2) is 8.44. The molecule has 0 aliphatic carbocycles. The Morgan fingerprint density at radius 2 is 1.74 bits per heavy atom. The fourth-order valence-corrected chi connectivity index (χ4v) is 2.83. The van der Waals surface area contributed by atoms with Gasteiger partial charge in [-0.2, -0.15) is 0 Å². The van der Waals surface area contributed by atoms with E-state index >= 15 is 0 Å². The van der Waals surface area contributed by atoms with Crippen molar-refractivity contribution in [2.24, 2.45) is 0 Å². The summed E-state index contributed by atoms with van der Waals surface area (Å²) in [5.41, 5.74) is 1.55. The van der Waals surface area contributed by atoms with Crippen LogP contribution < -0.4 is 14.8 Å². The number of methoxy groups -OCH3 is 1. The molecule has 0 spiro atoms. The number of hydrogen-bond acceptors (Lipinski definition) is 6. The quantitative estimate of drug-likeness (QED) is 0.750. The number of nitrogens with one attached hydrogen (secondary N) is 1. The molecule has 0 unspecified atom stereocenters. The molecular formula is C20H21NO6. The van der Waals surface area contributed by atoms with Gasteiger partial charge in [0, 0.05) is 6.42 Å². The van der Waals surface area contributed by atoms with E-state index in [-0.39, 0.29) is 24.5 Å². The van der Waals surface area contributed by atoms with Crippen LogP contribution in [0.1, 0.15) is 11.1 Å². The zero-order chi connectivity index (χ0) is 19.2. The summed E-state index contributed by atoms with van der Waals surface area (Å²) < 4.78 is 15.8. The van der Waals surface area contributed by atoms with Gasteiger partial charge in [0.1, 0.15) is 25.0 Å². The summed E-state index contributed by atoms with van der Waals surface area (Å²) in [4.78, 5) is 24.5. The molecule has 0 saturated heterocycles. The van der Waals surface area contributed by atoms with E-state index in [1.54, 1.807) is 30.3 Å². The molecular weight excluding hydrogens is 350 g/mol. The van der Waals surface area contributed by atoms with E-state index < -0.39 is 12.0 Å². The van der Waals surface area contributed by atoms with Crippen molar-refractivity contribution < 1.29 is 28.9 Å². The molecule has 1 atom stereocenters. The van der Waals surface area contributed by atoms with Crippen molar-refractivity contribution in [1.82, 2.24) is 5.32 Å². The molecule has 2 aromatic rings. The molecule has 142 valence electrons. The molecule has 3 rings (SSSR count). The number of hydrogen-bond donors (Lipinski definition) is 2. The van der Waals surface area contributed by atoms with Gasteiger partial charge in [-0.05, 0) is 35.4 Å². The van der Waals surface area contributed by atoms with Crippen LogP contribution in [-0.4, -0.2) is 43.3 Å². The Morgan fingerprint density at radius 1 is 1.07 bits per heavy atom. The van der Waals surface area contributed by atoms with Gasteiger partial charge in [0.15, 0.2) is 11.5 Å². The first-order valence-corrected chi connectivity index (χ1v) is 8.59. The van der Waals surface area contributed by atoms with E-state index in [9.17, 15) is 14.7 Å². The van der Waals surface area contributed by atoms with Crippen molar-refractivity contribution in [3.8, 4) is 17.2 Å². The van der Waals surface area contributed by atoms with Gasteiger partial charge >= 0.3 is 5.97 Å². The standard InChI is InChI=1S/C20H21NO6/c1-25-20(24)16(10-13-2-5-15(22)6-3-13)21-19(23)12-14-4-7-17-18(11-14)27-9-8-26-17/h2-7,11,16,22H,8-10,12H2,1H3,(H,21,23)/t16-/m0/s1. The third-order valence-corrected chi connectivity index (χ3v) is 4.17. The Morgan fingerprint density at radius 3 is 2.44 bits per heavy atom. The minimum Gasteiger partial charge on any atom is -0.508 e. The normalized spacial score (nSPS) is 13.5. The Balaban J connectivity index is 1.65. The summed E-state index contributed by atoms with van der Waals surface area (Å²) >= 11 is 0. The van der Waals surface area contributed by atoms with E-state index in [2.05, 4.69) is 5.32 Å². The number of phenols is 1. The van der Waals surface area contributed by atoms with Crippen LogP contribution in [0.2, 0.25) is 0 Å². The van der Waals surface area contributed by atoms with Crippen LogP contribution in [0.15, 0.2) is 42.5 Å². The van der Waals surface area contributed by atoms with Crippen molar-refractivity contribution >= 4 is 11.9 Å². The maximum atomic E-state index is 12.4. The molecule has 0 fully saturated rings. The summed E-state index contributed by atoms with van der Waals surface area (Å²) in [6.45, 7) is 0.977. The van der Waals surface area contributed by atoms with Crippen LogP contribution in [0, 0.1) is 0 Å². The second-order valence-electron chi connectivity index (χ2n) is 6.17. The highest BCUT2D eigenvalue weighted by Gasteiger charge is 2.22. The van der Waals surface area contributed by atoms with Crippen molar-refractivity contribution in [3.05, 3.63) is 53.6 Å². The molecule has 2 N–H and O–H groups in total. The van der Waals surface area contributed by atoms with Gasteiger partial charge in [-0.1, -0.05) is 18.2 Å². The van der Waals surface area contributed by atoms with Crippen LogP contribution in [0.3, 0.4) is 0 Å². The number of esters is 1. The van der Waals surface area contributed by atoms with Crippen molar-refractivity contribution in [1.29, 1.82) is 0 Å². The Kier molecular flexibility index (Phi) is 5.80. The first-order valence-electron chi connectivity index (χ1n) is 8.59. The first kappa shape index (κ1) is 18.6. The van der Waals surface area contributed by atoms with Gasteiger partial charge in [-0.25, -0.2) is 4.79 Å². The number of ether oxygens (including phenoxy) is 3. The minimum absolute atomic E-state index is 0.0969. The zero-order valence-corrected chi connectivity index (χ0v) is 14.9. The van der Waals surface area contributed by atoms with Crippen LogP contribution in [0.4, 0.5) is 0 Å². The molecule has 1 aliphatic rings. The third kappa shape index (κ3) is 4.91. The molecule has 2 aromatic carbocycles. The second-order valence-corrected chi connectivity index (χ2v) is 6.17. The molecule has 1 aliphatic heterocycles. The molecule has 27 heavy (non-hydrogen) atoms. The first-order chi connectivity index (χ1) is 13.0. The van der Waals surface area contributed by atoms with Gasteiger partial charge < -0.3 is 24.6 Å². The van der Waals surface area contributed by atoms with Crippen molar-refractivity contribution in [2.45, 2.75) is 18.9 Å². The number of benzene rings is 2. The Hall–Kier alpha value is -3.22. The minimum atomic E-state index is -0.816. The van der Waals surface area contributed by atoms with E-state index in [0.717, 1.165) is 11.1 Å². The fraction of sp³-hybridized carbons (Fsp3) is 0.300. The van der Waals surface area contributed by atoms with E-state index in [4.69, 9.17) is 14.2 Å². The average Bonchev–Trinajstić information content (AvgIpc) is 2.68. The van der Waals surface area contributed by atoms with Crippen LogP contribution >= 0.6 is 0 Å². The smallest absolute Gasteiger partial charge is 0.328 e. The zero-order valence-electron chi connectivity index (χ0n) is 14.9. The summed E-state index contributed by atoms with van der Waals surface area (Å²) in [6.07, 6.45) is 0.361. The Bertz CT molecular complexity index is 818. The summed E-state index contributed by atoms with van der Waals surface area (Å²) in [6, 6.07) is 11.0. The lowest BCUT2D eigenvalue weighted by atomic mass is 10.0. The van der Waals surface area contributed by atoms with Crippen molar-refractivity contribution in [2.75, 3.05) is 20.3 Å². The van der Waals surface area contributed by atoms with E-state index in [1.165, 1.54) is 19.2 Å². The molecule has 1 heterocycles. The number of aromatic hydroxyl groups is 1. The lowest BCUT2D eigenvalue weighted by Gasteiger charge is -2.19. The molecule has 0 aromatic heterocycles. The van der Waals surface area contributed by atoms with Crippen LogP contribution in [-0.2, 0) is 27.2 Å². The maximum Gasteiger partial charge on any atom is 0.328 e. The summed E-state index contributed by atoms with van der Waals surface area (Å²) in [5, 5.41) is 12.1. The number of phenolic OH excluding ortho intramolecular Hbond substituents is 1. The SMILES string of the molecule is COC(=O)[C@H](Cc1ccc(O)cc1)NC(=O)Cc1ccc2c(c1)OCCO2. The van der Waals surface area contributed by atoms with Crippen molar-refractivity contribution in [3.63, 3.8) is 0 Å². The van der Waals surface area contributed by atoms with Gasteiger partial charge in [-0.3, -0.25) is 4.79 Å². The maximum absolute atomic E-state index is 12.4. The van der Waals surface area contributed by atoms with Crippen LogP contribution in [0.5, 0.6) is 17.2 Å².